The maximum absolute atomic E-state index is 11.7. The third-order valence-electron chi connectivity index (χ3n) is 6.01. The predicted molar refractivity (Wildman–Crippen MR) is 128 cm³/mol. The van der Waals surface area contributed by atoms with Gasteiger partial charge in [-0.15, -0.1) is 0 Å². The first-order chi connectivity index (χ1) is 14.4. The van der Waals surface area contributed by atoms with Gasteiger partial charge in [0.25, 0.3) is 5.91 Å². The SMILES string of the molecule is C=C(C)C(=O)OC(O)(CC)N(C)CCCCCCCCCCCCCCCCCC. The number of esters is 1. The molecule has 0 aromatic heterocycles. The van der Waals surface area contributed by atoms with E-state index in [1.807, 2.05) is 6.92 Å². The van der Waals surface area contributed by atoms with Crippen molar-refractivity contribution in [2.45, 2.75) is 136 Å². The van der Waals surface area contributed by atoms with Crippen LogP contribution in [0.4, 0.5) is 0 Å². The molecule has 0 saturated heterocycles. The van der Waals surface area contributed by atoms with Crippen molar-refractivity contribution < 1.29 is 14.6 Å². The topological polar surface area (TPSA) is 49.8 Å². The lowest BCUT2D eigenvalue weighted by Crippen LogP contribution is -2.50. The summed E-state index contributed by atoms with van der Waals surface area (Å²) in [4.78, 5) is 13.5. The largest absolute Gasteiger partial charge is 0.415 e. The molecule has 0 aliphatic carbocycles. The van der Waals surface area contributed by atoms with E-state index in [4.69, 9.17) is 4.74 Å². The Morgan fingerprint density at radius 2 is 1.17 bits per heavy atom. The number of nitrogens with zero attached hydrogens (tertiary/aromatic N) is 1. The summed E-state index contributed by atoms with van der Waals surface area (Å²) in [7, 11) is 1.81. The number of ether oxygens (including phenoxy) is 1. The highest BCUT2D eigenvalue weighted by molar-refractivity contribution is 5.87. The molecule has 0 radical (unpaired) electrons. The first-order valence-electron chi connectivity index (χ1n) is 12.7. The van der Waals surface area contributed by atoms with E-state index in [0.29, 0.717) is 18.5 Å². The van der Waals surface area contributed by atoms with Crippen LogP contribution in [0.2, 0.25) is 0 Å². The summed E-state index contributed by atoms with van der Waals surface area (Å²) < 4.78 is 5.23. The van der Waals surface area contributed by atoms with Crippen molar-refractivity contribution >= 4 is 5.97 Å². The third-order valence-corrected chi connectivity index (χ3v) is 6.01. The highest BCUT2D eigenvalue weighted by Gasteiger charge is 2.34. The van der Waals surface area contributed by atoms with E-state index < -0.39 is 11.9 Å². The van der Waals surface area contributed by atoms with Crippen molar-refractivity contribution in [2.75, 3.05) is 13.6 Å². The van der Waals surface area contributed by atoms with Crippen molar-refractivity contribution in [1.82, 2.24) is 4.90 Å². The second kappa shape index (κ2) is 18.9. The molecule has 0 aliphatic heterocycles. The van der Waals surface area contributed by atoms with Crippen LogP contribution in [-0.4, -0.2) is 35.5 Å². The second-order valence-electron chi connectivity index (χ2n) is 8.99. The van der Waals surface area contributed by atoms with E-state index in [-0.39, 0.29) is 0 Å². The second-order valence-corrected chi connectivity index (χ2v) is 8.99. The number of unbranched alkanes of at least 4 members (excludes halogenated alkanes) is 15. The van der Waals surface area contributed by atoms with Crippen LogP contribution in [0.25, 0.3) is 0 Å². The van der Waals surface area contributed by atoms with Crippen LogP contribution in [0.15, 0.2) is 12.2 Å². The molecule has 0 heterocycles. The molecule has 30 heavy (non-hydrogen) atoms. The molecule has 1 atom stereocenters. The molecule has 4 nitrogen and oxygen atoms in total. The van der Waals surface area contributed by atoms with Gasteiger partial charge < -0.3 is 9.84 Å². The van der Waals surface area contributed by atoms with E-state index >= 15 is 0 Å². The minimum atomic E-state index is -1.54. The lowest BCUT2D eigenvalue weighted by molar-refractivity contribution is -0.271. The van der Waals surface area contributed by atoms with Crippen LogP contribution in [0, 0.1) is 0 Å². The van der Waals surface area contributed by atoms with Crippen LogP contribution in [0.3, 0.4) is 0 Å². The molecule has 178 valence electrons. The average molecular weight is 426 g/mol. The van der Waals surface area contributed by atoms with Crippen molar-refractivity contribution in [3.05, 3.63) is 12.2 Å². The molecular weight excluding hydrogens is 374 g/mol. The molecule has 0 aliphatic rings. The zero-order valence-corrected chi connectivity index (χ0v) is 20.6. The molecule has 0 bridgehead atoms. The monoisotopic (exact) mass is 425 g/mol. The van der Waals surface area contributed by atoms with Gasteiger partial charge in [-0.25, -0.2) is 9.69 Å². The molecule has 0 saturated carbocycles. The minimum Gasteiger partial charge on any atom is -0.415 e. The van der Waals surface area contributed by atoms with Gasteiger partial charge >= 0.3 is 5.97 Å². The summed E-state index contributed by atoms with van der Waals surface area (Å²) in [5.74, 6) is -2.08. The molecule has 4 heteroatoms. The smallest absolute Gasteiger partial charge is 0.336 e. The molecule has 0 spiro atoms. The van der Waals surface area contributed by atoms with Crippen LogP contribution < -0.4 is 0 Å². The third kappa shape index (κ3) is 15.0. The fourth-order valence-corrected chi connectivity index (χ4v) is 3.73. The Bertz CT molecular complexity index is 438. The van der Waals surface area contributed by atoms with Crippen molar-refractivity contribution in [1.29, 1.82) is 0 Å². The van der Waals surface area contributed by atoms with E-state index in [1.165, 1.54) is 89.9 Å². The standard InChI is InChI=1S/C26H51NO3/c1-6-8-9-10-11-12-13-14-15-16-17-18-19-20-21-22-23-27(5)26(29,7-2)30-25(28)24(3)4/h29H,3,6-23H2,1-2,4-5H3. The Labute approximate surface area is 187 Å². The zero-order valence-electron chi connectivity index (χ0n) is 20.6. The van der Waals surface area contributed by atoms with Gasteiger partial charge in [0.05, 0.1) is 0 Å². The molecule has 0 amide bonds. The fourth-order valence-electron chi connectivity index (χ4n) is 3.73. The molecule has 1 N–H and O–H groups in total. The van der Waals surface area contributed by atoms with Gasteiger partial charge in [-0.2, -0.15) is 0 Å². The Morgan fingerprint density at radius 3 is 1.50 bits per heavy atom. The first kappa shape index (κ1) is 29.1. The lowest BCUT2D eigenvalue weighted by atomic mass is 10.0. The van der Waals surface area contributed by atoms with Crippen molar-refractivity contribution in [2.24, 2.45) is 0 Å². The van der Waals surface area contributed by atoms with Gasteiger partial charge in [-0.1, -0.05) is 117 Å². The summed E-state index contributed by atoms with van der Waals surface area (Å²) in [6.45, 7) is 9.97. The first-order valence-corrected chi connectivity index (χ1v) is 12.7. The number of hydrogen-bond acceptors (Lipinski definition) is 4. The van der Waals surface area contributed by atoms with Crippen LogP contribution in [0.1, 0.15) is 130 Å². The Balaban J connectivity index is 3.56. The van der Waals surface area contributed by atoms with Gasteiger partial charge in [0.2, 0.25) is 0 Å². The summed E-state index contributed by atoms with van der Waals surface area (Å²) in [6, 6.07) is 0. The maximum atomic E-state index is 11.7. The van der Waals surface area contributed by atoms with Gasteiger partial charge in [0, 0.05) is 18.5 Å². The quantitative estimate of drug-likeness (QED) is 0.0903. The van der Waals surface area contributed by atoms with E-state index in [9.17, 15) is 9.90 Å². The zero-order chi connectivity index (χ0) is 22.7. The lowest BCUT2D eigenvalue weighted by Gasteiger charge is -2.35. The summed E-state index contributed by atoms with van der Waals surface area (Å²) in [5, 5.41) is 10.6. The number of carbonyl (C=O) groups excluding carboxylic acids is 1. The predicted octanol–water partition coefficient (Wildman–Crippen LogP) is 7.36. The number of rotatable bonds is 21. The minimum absolute atomic E-state index is 0.303. The van der Waals surface area contributed by atoms with Gasteiger partial charge in [-0.3, -0.25) is 0 Å². The van der Waals surface area contributed by atoms with Crippen molar-refractivity contribution in [3.63, 3.8) is 0 Å². The van der Waals surface area contributed by atoms with E-state index in [2.05, 4.69) is 13.5 Å². The molecular formula is C26H51NO3. The molecule has 0 aromatic carbocycles. The van der Waals surface area contributed by atoms with Crippen LogP contribution in [0.5, 0.6) is 0 Å². The number of hydrogen-bond donors (Lipinski definition) is 1. The molecule has 0 aromatic rings. The maximum Gasteiger partial charge on any atom is 0.336 e. The average Bonchev–Trinajstić information content (AvgIpc) is 2.72. The van der Waals surface area contributed by atoms with Gasteiger partial charge in [0.1, 0.15) is 0 Å². The Morgan fingerprint density at radius 1 is 0.800 bits per heavy atom. The normalized spacial score (nSPS) is 13.4. The van der Waals surface area contributed by atoms with Crippen LogP contribution in [-0.2, 0) is 9.53 Å². The summed E-state index contributed by atoms with van der Waals surface area (Å²) >= 11 is 0. The Hall–Kier alpha value is -0.870. The molecule has 0 rings (SSSR count). The number of carbonyl (C=O) groups is 1. The molecule has 1 unspecified atom stereocenters. The highest BCUT2D eigenvalue weighted by Crippen LogP contribution is 2.20. The van der Waals surface area contributed by atoms with Crippen molar-refractivity contribution in [3.8, 4) is 0 Å². The van der Waals surface area contributed by atoms with E-state index in [1.54, 1.807) is 18.9 Å². The summed E-state index contributed by atoms with van der Waals surface area (Å²) in [5.41, 5.74) is 0.303. The summed E-state index contributed by atoms with van der Waals surface area (Å²) in [6.07, 6.45) is 21.8. The number of aliphatic hydroxyl groups is 1. The highest BCUT2D eigenvalue weighted by atomic mass is 16.7. The van der Waals surface area contributed by atoms with Gasteiger partial charge in [-0.05, 0) is 20.4 Å². The molecule has 0 fully saturated rings. The van der Waals surface area contributed by atoms with Crippen LogP contribution >= 0.6 is 0 Å². The Kier molecular flexibility index (Phi) is 18.3. The fraction of sp³-hybridized carbons (Fsp3) is 0.885. The van der Waals surface area contributed by atoms with E-state index in [0.717, 1.165) is 12.8 Å². The van der Waals surface area contributed by atoms with Gasteiger partial charge in [0.15, 0.2) is 0 Å².